The van der Waals surface area contributed by atoms with Gasteiger partial charge in [-0.05, 0) is 36.6 Å². The van der Waals surface area contributed by atoms with Gasteiger partial charge in [0.15, 0.2) is 0 Å². The molecule has 1 aromatic heterocycles. The molecule has 19 heavy (non-hydrogen) atoms. The smallest absolute Gasteiger partial charge is 0.146 e. The lowest BCUT2D eigenvalue weighted by atomic mass is 10.3. The van der Waals surface area contributed by atoms with Crippen molar-refractivity contribution in [3.05, 3.63) is 36.4 Å². The largest absolute Gasteiger partial charge is 0.508 e. The minimum absolute atomic E-state index is 0.00244. The summed E-state index contributed by atoms with van der Waals surface area (Å²) in [4.78, 5) is 2.47. The molecule has 0 aliphatic carbocycles. The number of fused-ring (bicyclic) bond motifs is 1. The van der Waals surface area contributed by atoms with E-state index in [0.29, 0.717) is 5.69 Å². The second-order valence-corrected chi connectivity index (χ2v) is 4.90. The summed E-state index contributed by atoms with van der Waals surface area (Å²) in [5.41, 5.74) is 1.95. The molecule has 3 rings (SSSR count). The second-order valence-electron chi connectivity index (χ2n) is 4.02. The molecule has 0 saturated heterocycles. The molecule has 3 aromatic rings. The number of rotatable bonds is 2. The number of hydrogen-bond acceptors (Lipinski definition) is 5. The Morgan fingerprint density at radius 3 is 2.53 bits per heavy atom. The highest BCUT2D eigenvalue weighted by Gasteiger charge is 2.09. The molecular weight excluding hydrogens is 262 g/mol. The first kappa shape index (κ1) is 11.9. The number of aromatic hydroxyl groups is 2. The van der Waals surface area contributed by atoms with Crippen LogP contribution in [-0.2, 0) is 0 Å². The Hall–Kier alpha value is -2.21. The molecule has 2 aromatic carbocycles. The number of nitrogens with zero attached hydrogens (tertiary/aromatic N) is 3. The van der Waals surface area contributed by atoms with Crippen LogP contribution in [0.4, 0.5) is 0 Å². The van der Waals surface area contributed by atoms with Gasteiger partial charge in [-0.2, -0.15) is 0 Å². The minimum atomic E-state index is -0.0644. The predicted octanol–water partition coefficient (Wildman–Crippen LogP) is 2.55. The normalized spacial score (nSPS) is 11.0. The van der Waals surface area contributed by atoms with Crippen molar-refractivity contribution in [3.8, 4) is 17.2 Å². The van der Waals surface area contributed by atoms with E-state index in [-0.39, 0.29) is 11.5 Å². The van der Waals surface area contributed by atoms with Crippen LogP contribution < -0.4 is 0 Å². The summed E-state index contributed by atoms with van der Waals surface area (Å²) in [6.07, 6.45) is 2.00. The van der Waals surface area contributed by atoms with Crippen molar-refractivity contribution in [2.45, 2.75) is 4.90 Å². The third kappa shape index (κ3) is 2.10. The minimum Gasteiger partial charge on any atom is -0.508 e. The van der Waals surface area contributed by atoms with Crippen LogP contribution in [0.1, 0.15) is 0 Å². The third-order valence-electron chi connectivity index (χ3n) is 2.76. The van der Waals surface area contributed by atoms with Crippen LogP contribution in [0.5, 0.6) is 11.5 Å². The van der Waals surface area contributed by atoms with E-state index in [9.17, 15) is 10.2 Å². The monoisotopic (exact) mass is 273 g/mol. The first-order valence-corrected chi connectivity index (χ1v) is 6.83. The molecule has 1 heterocycles. The van der Waals surface area contributed by atoms with E-state index in [2.05, 4.69) is 10.2 Å². The van der Waals surface area contributed by atoms with Gasteiger partial charge in [0, 0.05) is 11.0 Å². The molecule has 0 saturated carbocycles. The summed E-state index contributed by atoms with van der Waals surface area (Å²) >= 11 is 1.63. The van der Waals surface area contributed by atoms with Gasteiger partial charge in [0.05, 0.1) is 0 Å². The van der Waals surface area contributed by atoms with Crippen LogP contribution in [0.15, 0.2) is 41.3 Å². The molecule has 2 N–H and O–H groups in total. The first-order valence-electron chi connectivity index (χ1n) is 5.61. The predicted molar refractivity (Wildman–Crippen MR) is 74.0 cm³/mol. The fourth-order valence-electron chi connectivity index (χ4n) is 1.81. The molecule has 6 heteroatoms. The van der Waals surface area contributed by atoms with Crippen LogP contribution in [0, 0.1) is 0 Å². The number of phenolic OH excluding ortho intramolecular Hbond substituents is 2. The maximum atomic E-state index is 9.81. The number of hydrogen-bond donors (Lipinski definition) is 2. The molecule has 0 aliphatic rings. The van der Waals surface area contributed by atoms with Crippen LogP contribution in [0.3, 0.4) is 0 Å². The van der Waals surface area contributed by atoms with E-state index in [4.69, 9.17) is 0 Å². The third-order valence-corrected chi connectivity index (χ3v) is 3.49. The van der Waals surface area contributed by atoms with Gasteiger partial charge in [-0.25, -0.2) is 0 Å². The Balaban J connectivity index is 2.14. The Morgan fingerprint density at radius 2 is 1.79 bits per heavy atom. The molecule has 0 atom stereocenters. The fraction of sp³-hybridized carbons (Fsp3) is 0.0769. The Bertz CT molecular complexity index is 755. The summed E-state index contributed by atoms with van der Waals surface area (Å²) in [6.45, 7) is 0. The highest BCUT2D eigenvalue weighted by molar-refractivity contribution is 7.98. The van der Waals surface area contributed by atoms with Crippen molar-refractivity contribution >= 4 is 22.8 Å². The summed E-state index contributed by atoms with van der Waals surface area (Å²) in [7, 11) is 0. The molecule has 0 fully saturated rings. The summed E-state index contributed by atoms with van der Waals surface area (Å²) < 4.78 is 0. The van der Waals surface area contributed by atoms with E-state index < -0.39 is 0 Å². The van der Waals surface area contributed by atoms with Gasteiger partial charge >= 0.3 is 0 Å². The van der Waals surface area contributed by atoms with Gasteiger partial charge in [0.25, 0.3) is 0 Å². The Labute approximate surface area is 113 Å². The zero-order valence-corrected chi connectivity index (χ0v) is 10.9. The van der Waals surface area contributed by atoms with Crippen molar-refractivity contribution < 1.29 is 10.2 Å². The lowest BCUT2D eigenvalue weighted by Crippen LogP contribution is -1.98. The summed E-state index contributed by atoms with van der Waals surface area (Å²) in [5, 5.41) is 27.7. The van der Waals surface area contributed by atoms with Crippen LogP contribution in [0.25, 0.3) is 16.7 Å². The van der Waals surface area contributed by atoms with E-state index in [1.165, 1.54) is 16.9 Å². The van der Waals surface area contributed by atoms with Crippen molar-refractivity contribution in [2.75, 3.05) is 6.26 Å². The van der Waals surface area contributed by atoms with Crippen molar-refractivity contribution in [3.63, 3.8) is 0 Å². The van der Waals surface area contributed by atoms with Gasteiger partial charge in [-0.3, -0.25) is 0 Å². The van der Waals surface area contributed by atoms with Gasteiger partial charge in [0.1, 0.15) is 28.2 Å². The van der Waals surface area contributed by atoms with E-state index in [1.807, 2.05) is 24.5 Å². The van der Waals surface area contributed by atoms with Crippen LogP contribution in [0.2, 0.25) is 0 Å². The summed E-state index contributed by atoms with van der Waals surface area (Å²) in [5.74, 6) is -0.0620. The lowest BCUT2D eigenvalue weighted by Gasteiger charge is -2.02. The van der Waals surface area contributed by atoms with E-state index >= 15 is 0 Å². The zero-order valence-electron chi connectivity index (χ0n) is 10.1. The zero-order chi connectivity index (χ0) is 13.4. The number of phenols is 2. The maximum absolute atomic E-state index is 9.81. The SMILES string of the molecule is CSc1ccc2nn(-c3ccc(O)cc3O)nc2c1. The highest BCUT2D eigenvalue weighted by Crippen LogP contribution is 2.26. The van der Waals surface area contributed by atoms with E-state index in [1.54, 1.807) is 17.8 Å². The fourth-order valence-corrected chi connectivity index (χ4v) is 2.24. The highest BCUT2D eigenvalue weighted by atomic mass is 32.2. The molecule has 5 nitrogen and oxygen atoms in total. The van der Waals surface area contributed by atoms with Crippen molar-refractivity contribution in [1.82, 2.24) is 15.0 Å². The molecule has 96 valence electrons. The second kappa shape index (κ2) is 4.47. The molecule has 0 radical (unpaired) electrons. The van der Waals surface area contributed by atoms with Crippen LogP contribution >= 0.6 is 11.8 Å². The van der Waals surface area contributed by atoms with Crippen LogP contribution in [-0.4, -0.2) is 31.5 Å². The standard InChI is InChI=1S/C13H11N3O2S/c1-19-9-3-4-10-11(7-9)15-16(14-10)12-5-2-8(17)6-13(12)18/h2-7,17-18H,1H3. The van der Waals surface area contributed by atoms with Crippen molar-refractivity contribution in [1.29, 1.82) is 0 Å². The van der Waals surface area contributed by atoms with Gasteiger partial charge in [0.2, 0.25) is 0 Å². The topological polar surface area (TPSA) is 71.2 Å². The quantitative estimate of drug-likeness (QED) is 0.702. The first-order chi connectivity index (χ1) is 9.17. The van der Waals surface area contributed by atoms with Crippen molar-refractivity contribution in [2.24, 2.45) is 0 Å². The molecule has 0 bridgehead atoms. The maximum Gasteiger partial charge on any atom is 0.146 e. The number of thioether (sulfide) groups is 1. The van der Waals surface area contributed by atoms with Gasteiger partial charge in [-0.1, -0.05) is 0 Å². The van der Waals surface area contributed by atoms with E-state index in [0.717, 1.165) is 15.9 Å². The average molecular weight is 273 g/mol. The number of benzene rings is 2. The Kier molecular flexibility index (Phi) is 2.79. The average Bonchev–Trinajstić information content (AvgIpc) is 2.80. The molecule has 0 unspecified atom stereocenters. The molecule has 0 spiro atoms. The molecular formula is C13H11N3O2S. The number of aromatic nitrogens is 3. The molecule has 0 aliphatic heterocycles. The van der Waals surface area contributed by atoms with Gasteiger partial charge < -0.3 is 10.2 Å². The molecule has 0 amide bonds. The summed E-state index contributed by atoms with van der Waals surface area (Å²) in [6, 6.07) is 10.1. The Morgan fingerprint density at radius 1 is 1.00 bits per heavy atom. The lowest BCUT2D eigenvalue weighted by molar-refractivity contribution is 0.446. The van der Waals surface area contributed by atoms with Gasteiger partial charge in [-0.15, -0.1) is 26.8 Å².